The number of anilines is 1. The largest absolute Gasteiger partial charge is 0.462 e. The van der Waals surface area contributed by atoms with Crippen LogP contribution in [0.2, 0.25) is 5.02 Å². The predicted molar refractivity (Wildman–Crippen MR) is 186 cm³/mol. The van der Waals surface area contributed by atoms with Crippen molar-refractivity contribution in [1.29, 1.82) is 5.26 Å². The number of pyridine rings is 1. The highest BCUT2D eigenvalue weighted by Crippen LogP contribution is 2.38. The standard InChI is InChI=1S/C37H33ClF3N7O3/c1-46-22-37(40,41)17-26(46)21-50-35-44-33-28(18-43-32(31(33)39)27-11-5-9-24-10-6-12-29(38)30(24)27)34(45-35)47-15-16-48(25(19-47)13-14-42)36(49)51-20-23-7-3-2-4-8-23/h2-12,18,25-26H,13,15-17,19-22H2,1H3/t25-,26-/m0/s1. The number of nitrogens with zero attached hydrogens (tertiary/aromatic N) is 7. The molecular weight excluding hydrogens is 683 g/mol. The third-order valence-corrected chi connectivity index (χ3v) is 9.66. The van der Waals surface area contributed by atoms with E-state index < -0.39 is 42.9 Å². The van der Waals surface area contributed by atoms with Crippen LogP contribution in [-0.4, -0.2) is 88.7 Å². The highest BCUT2D eigenvalue weighted by atomic mass is 35.5. The zero-order valence-electron chi connectivity index (χ0n) is 27.6. The molecule has 262 valence electrons. The molecule has 0 unspecified atom stereocenters. The van der Waals surface area contributed by atoms with Gasteiger partial charge in [0.1, 0.15) is 30.2 Å². The summed E-state index contributed by atoms with van der Waals surface area (Å²) < 4.78 is 56.5. The minimum atomic E-state index is -2.86. The fourth-order valence-electron chi connectivity index (χ4n) is 6.79. The maximum absolute atomic E-state index is 16.7. The first-order valence-electron chi connectivity index (χ1n) is 16.5. The lowest BCUT2D eigenvalue weighted by Gasteiger charge is -2.40. The Morgan fingerprint density at radius 3 is 2.59 bits per heavy atom. The molecule has 0 spiro atoms. The van der Waals surface area contributed by atoms with Crippen molar-refractivity contribution in [2.24, 2.45) is 0 Å². The van der Waals surface area contributed by atoms with Crippen LogP contribution in [0, 0.1) is 17.1 Å². The van der Waals surface area contributed by atoms with E-state index in [2.05, 4.69) is 21.0 Å². The average Bonchev–Trinajstić information content (AvgIpc) is 3.40. The van der Waals surface area contributed by atoms with Crippen molar-refractivity contribution in [3.8, 4) is 23.3 Å². The lowest BCUT2D eigenvalue weighted by molar-refractivity contribution is 0.0136. The van der Waals surface area contributed by atoms with Crippen molar-refractivity contribution in [1.82, 2.24) is 24.8 Å². The van der Waals surface area contributed by atoms with E-state index in [1.165, 1.54) is 16.0 Å². The van der Waals surface area contributed by atoms with Crippen LogP contribution < -0.4 is 9.64 Å². The number of hydrogen-bond donors (Lipinski definition) is 0. The second-order valence-corrected chi connectivity index (χ2v) is 13.2. The summed E-state index contributed by atoms with van der Waals surface area (Å²) in [7, 11) is 1.59. The van der Waals surface area contributed by atoms with Crippen molar-refractivity contribution in [3.05, 3.63) is 89.3 Å². The van der Waals surface area contributed by atoms with Gasteiger partial charge in [-0.05, 0) is 24.1 Å². The number of carbonyl (C=O) groups is 1. The van der Waals surface area contributed by atoms with E-state index >= 15 is 4.39 Å². The molecule has 2 saturated heterocycles. The van der Waals surface area contributed by atoms with E-state index in [1.54, 1.807) is 25.2 Å². The Morgan fingerprint density at radius 1 is 1.06 bits per heavy atom. The quantitative estimate of drug-likeness (QED) is 0.166. The van der Waals surface area contributed by atoms with Gasteiger partial charge in [0.15, 0.2) is 5.82 Å². The number of fused-ring (bicyclic) bond motifs is 2. The number of aromatic nitrogens is 3. The number of likely N-dealkylation sites (N-methyl/N-ethyl adjacent to an activating group) is 1. The average molecular weight is 716 g/mol. The molecule has 2 aliphatic rings. The summed E-state index contributed by atoms with van der Waals surface area (Å²) in [5.41, 5.74) is 1.22. The van der Waals surface area contributed by atoms with Crippen molar-refractivity contribution < 1.29 is 27.4 Å². The fourth-order valence-corrected chi connectivity index (χ4v) is 7.08. The summed E-state index contributed by atoms with van der Waals surface area (Å²) in [5.74, 6) is -3.33. The fraction of sp³-hybridized carbons (Fsp3) is 0.324. The Kier molecular flexibility index (Phi) is 9.54. The van der Waals surface area contributed by atoms with Crippen LogP contribution in [0.1, 0.15) is 18.4 Å². The number of nitriles is 1. The smallest absolute Gasteiger partial charge is 0.410 e. The van der Waals surface area contributed by atoms with Crippen LogP contribution in [-0.2, 0) is 11.3 Å². The molecule has 2 aromatic heterocycles. The molecule has 2 atom stereocenters. The summed E-state index contributed by atoms with van der Waals surface area (Å²) in [4.78, 5) is 31.6. The summed E-state index contributed by atoms with van der Waals surface area (Å²) in [6.07, 6.45) is 0.531. The van der Waals surface area contributed by atoms with Crippen LogP contribution in [0.3, 0.4) is 0 Å². The Hall–Kier alpha value is -5.19. The number of carbonyl (C=O) groups excluding carboxylic acids is 1. The van der Waals surface area contributed by atoms with Crippen LogP contribution in [0.4, 0.5) is 23.8 Å². The zero-order valence-corrected chi connectivity index (χ0v) is 28.4. The first-order valence-corrected chi connectivity index (χ1v) is 16.8. The highest BCUT2D eigenvalue weighted by Gasteiger charge is 2.43. The third kappa shape index (κ3) is 7.07. The van der Waals surface area contributed by atoms with Crippen LogP contribution >= 0.6 is 11.6 Å². The van der Waals surface area contributed by atoms with Gasteiger partial charge in [0.05, 0.1) is 30.5 Å². The molecule has 2 fully saturated rings. The molecule has 14 heteroatoms. The van der Waals surface area contributed by atoms with E-state index in [9.17, 15) is 18.8 Å². The molecule has 4 heterocycles. The molecule has 51 heavy (non-hydrogen) atoms. The number of alkyl halides is 2. The van der Waals surface area contributed by atoms with Crippen molar-refractivity contribution in [2.45, 2.75) is 37.5 Å². The molecular formula is C37H33ClF3N7O3. The van der Waals surface area contributed by atoms with Crippen LogP contribution in [0.25, 0.3) is 32.9 Å². The van der Waals surface area contributed by atoms with Gasteiger partial charge in [0.25, 0.3) is 5.92 Å². The Balaban J connectivity index is 1.24. The van der Waals surface area contributed by atoms with Crippen molar-refractivity contribution in [3.63, 3.8) is 0 Å². The van der Waals surface area contributed by atoms with E-state index in [0.29, 0.717) is 16.0 Å². The van der Waals surface area contributed by atoms with E-state index in [0.717, 1.165) is 10.9 Å². The van der Waals surface area contributed by atoms with Crippen molar-refractivity contribution >= 4 is 45.2 Å². The number of ether oxygens (including phenoxy) is 2. The van der Waals surface area contributed by atoms with Crippen LogP contribution in [0.5, 0.6) is 6.01 Å². The number of benzene rings is 3. The van der Waals surface area contributed by atoms with Gasteiger partial charge < -0.3 is 19.3 Å². The maximum atomic E-state index is 16.7. The first-order chi connectivity index (χ1) is 24.6. The van der Waals surface area contributed by atoms with Gasteiger partial charge in [-0.2, -0.15) is 15.2 Å². The predicted octanol–water partition coefficient (Wildman–Crippen LogP) is 7.10. The molecule has 3 aromatic carbocycles. The van der Waals surface area contributed by atoms with E-state index in [-0.39, 0.29) is 67.7 Å². The van der Waals surface area contributed by atoms with Gasteiger partial charge >= 0.3 is 12.1 Å². The maximum Gasteiger partial charge on any atom is 0.410 e. The number of likely N-dealkylation sites (tertiary alicyclic amines) is 1. The minimum absolute atomic E-state index is 0.00410. The number of piperazine rings is 1. The number of hydrogen-bond acceptors (Lipinski definition) is 9. The van der Waals surface area contributed by atoms with Gasteiger partial charge in [-0.15, -0.1) is 0 Å². The number of amides is 1. The summed E-state index contributed by atoms with van der Waals surface area (Å²) in [6.45, 7) is 0.140. The SMILES string of the molecule is CN1CC(F)(F)C[C@H]1COc1nc(N2CCN(C(=O)OCc3ccccc3)[C@@H](CC#N)C2)c2cnc(-c3cccc4cccc(Cl)c34)c(F)c2n1. The molecule has 0 aliphatic carbocycles. The molecule has 0 bridgehead atoms. The van der Waals surface area contributed by atoms with Crippen LogP contribution in [0.15, 0.2) is 72.9 Å². The summed E-state index contributed by atoms with van der Waals surface area (Å²) in [6, 6.07) is 20.8. The van der Waals surface area contributed by atoms with Gasteiger partial charge in [0, 0.05) is 54.3 Å². The van der Waals surface area contributed by atoms with Gasteiger partial charge in [-0.3, -0.25) is 9.88 Å². The van der Waals surface area contributed by atoms with E-state index in [4.69, 9.17) is 21.1 Å². The minimum Gasteiger partial charge on any atom is -0.462 e. The van der Waals surface area contributed by atoms with Crippen molar-refractivity contribution in [2.75, 3.05) is 44.7 Å². The molecule has 0 radical (unpaired) electrons. The Morgan fingerprint density at radius 2 is 1.84 bits per heavy atom. The van der Waals surface area contributed by atoms with Gasteiger partial charge in [0.2, 0.25) is 0 Å². The molecule has 5 aromatic rings. The molecule has 0 saturated carbocycles. The lowest BCUT2D eigenvalue weighted by atomic mass is 10.0. The molecule has 0 N–H and O–H groups in total. The Labute approximate surface area is 297 Å². The van der Waals surface area contributed by atoms with E-state index in [1.807, 2.05) is 53.4 Å². The molecule has 1 amide bonds. The topological polar surface area (TPSA) is 108 Å². The highest BCUT2D eigenvalue weighted by molar-refractivity contribution is 6.36. The normalized spacial score (nSPS) is 19.0. The Bertz CT molecular complexity index is 2130. The second kappa shape index (κ2) is 14.2. The zero-order chi connectivity index (χ0) is 35.7. The molecule has 7 rings (SSSR count). The summed E-state index contributed by atoms with van der Waals surface area (Å²) >= 11 is 6.57. The monoisotopic (exact) mass is 715 g/mol. The van der Waals surface area contributed by atoms with Gasteiger partial charge in [-0.25, -0.2) is 18.0 Å². The second-order valence-electron chi connectivity index (χ2n) is 12.8. The number of halogens is 4. The van der Waals surface area contributed by atoms with Gasteiger partial charge in [-0.1, -0.05) is 72.3 Å². The first kappa shape index (κ1) is 34.3. The molecule has 10 nitrogen and oxygen atoms in total. The third-order valence-electron chi connectivity index (χ3n) is 9.34. The summed E-state index contributed by atoms with van der Waals surface area (Å²) in [5, 5.41) is 11.8. The lowest BCUT2D eigenvalue weighted by Crippen LogP contribution is -2.55. The molecule has 2 aliphatic heterocycles. The number of rotatable bonds is 8.